The van der Waals surface area contributed by atoms with Crippen LogP contribution in [0.25, 0.3) is 0 Å². The lowest BCUT2D eigenvalue weighted by Crippen LogP contribution is -2.10. The summed E-state index contributed by atoms with van der Waals surface area (Å²) in [5.41, 5.74) is 8.97. The number of nitrogens with zero attached hydrogens (tertiary/aromatic N) is 2. The summed E-state index contributed by atoms with van der Waals surface area (Å²) in [5, 5.41) is 4.37. The van der Waals surface area contributed by atoms with E-state index in [-0.39, 0.29) is 5.82 Å². The summed E-state index contributed by atoms with van der Waals surface area (Å²) in [6.45, 7) is 5.39. The van der Waals surface area contributed by atoms with Crippen LogP contribution >= 0.6 is 0 Å². The van der Waals surface area contributed by atoms with Gasteiger partial charge in [0.2, 0.25) is 0 Å². The molecule has 0 fully saturated rings. The normalized spacial score (nSPS) is 11.2. The van der Waals surface area contributed by atoms with Crippen LogP contribution < -0.4 is 5.73 Å². The first-order valence-electron chi connectivity index (χ1n) is 6.11. The summed E-state index contributed by atoms with van der Waals surface area (Å²) < 4.78 is 14.8. The van der Waals surface area contributed by atoms with Crippen LogP contribution in [0.3, 0.4) is 0 Å². The Bertz CT molecular complexity index is 514. The van der Waals surface area contributed by atoms with Crippen molar-refractivity contribution in [1.82, 2.24) is 9.78 Å². The Morgan fingerprint density at radius 2 is 1.94 bits per heavy atom. The quantitative estimate of drug-likeness (QED) is 0.902. The number of benzene rings is 1. The van der Waals surface area contributed by atoms with E-state index in [1.54, 1.807) is 12.1 Å². The van der Waals surface area contributed by atoms with Gasteiger partial charge in [-0.25, -0.2) is 4.39 Å². The topological polar surface area (TPSA) is 43.8 Å². The molecule has 96 valence electrons. The van der Waals surface area contributed by atoms with Gasteiger partial charge in [0.15, 0.2) is 0 Å². The van der Waals surface area contributed by atoms with E-state index in [9.17, 15) is 4.39 Å². The molecule has 0 spiro atoms. The van der Waals surface area contributed by atoms with Crippen molar-refractivity contribution in [3.05, 3.63) is 53.1 Å². The maximum atomic E-state index is 12.9. The molecule has 0 aliphatic rings. The molecule has 3 nitrogen and oxygen atoms in total. The molecule has 0 unspecified atom stereocenters. The van der Waals surface area contributed by atoms with Gasteiger partial charge >= 0.3 is 0 Å². The summed E-state index contributed by atoms with van der Waals surface area (Å²) in [6.07, 6.45) is 1.82. The minimum absolute atomic E-state index is 0.217. The molecule has 4 heteroatoms. The van der Waals surface area contributed by atoms with E-state index in [0.717, 1.165) is 16.8 Å². The number of nitrogens with two attached hydrogens (primary N) is 1. The van der Waals surface area contributed by atoms with Gasteiger partial charge in [-0.05, 0) is 23.6 Å². The van der Waals surface area contributed by atoms with Gasteiger partial charge in [0.05, 0.1) is 12.7 Å². The molecule has 2 N–H and O–H groups in total. The molecule has 2 aromatic rings. The Balaban J connectivity index is 2.28. The van der Waals surface area contributed by atoms with Crippen LogP contribution in [-0.4, -0.2) is 9.78 Å². The highest BCUT2D eigenvalue weighted by Gasteiger charge is 2.13. The number of hydrogen-bond donors (Lipinski definition) is 1. The third-order valence-electron chi connectivity index (χ3n) is 2.97. The van der Waals surface area contributed by atoms with Gasteiger partial charge in [-0.15, -0.1) is 0 Å². The monoisotopic (exact) mass is 247 g/mol. The van der Waals surface area contributed by atoms with E-state index in [1.807, 2.05) is 10.9 Å². The zero-order valence-corrected chi connectivity index (χ0v) is 10.7. The van der Waals surface area contributed by atoms with E-state index in [1.165, 1.54) is 12.1 Å². The molecule has 1 aromatic heterocycles. The minimum atomic E-state index is -0.217. The molecule has 0 aliphatic heterocycles. The van der Waals surface area contributed by atoms with Gasteiger partial charge in [0, 0.05) is 17.8 Å². The van der Waals surface area contributed by atoms with E-state index in [4.69, 9.17) is 5.73 Å². The average Bonchev–Trinajstić information content (AvgIpc) is 2.75. The summed E-state index contributed by atoms with van der Waals surface area (Å²) in [7, 11) is 0. The highest BCUT2D eigenvalue weighted by Crippen LogP contribution is 2.20. The van der Waals surface area contributed by atoms with Gasteiger partial charge in [0.1, 0.15) is 5.82 Å². The lowest BCUT2D eigenvalue weighted by atomic mass is 10.1. The maximum absolute atomic E-state index is 12.9. The Morgan fingerprint density at radius 1 is 1.28 bits per heavy atom. The molecular weight excluding hydrogens is 229 g/mol. The fourth-order valence-corrected chi connectivity index (χ4v) is 2.15. The fraction of sp³-hybridized carbons (Fsp3) is 0.357. The molecule has 0 radical (unpaired) electrons. The van der Waals surface area contributed by atoms with Crippen molar-refractivity contribution in [3.63, 3.8) is 0 Å². The van der Waals surface area contributed by atoms with Crippen LogP contribution in [0.5, 0.6) is 0 Å². The molecule has 1 aromatic carbocycles. The van der Waals surface area contributed by atoms with E-state index >= 15 is 0 Å². The molecule has 0 atom stereocenters. The number of aromatic nitrogens is 2. The third kappa shape index (κ3) is 2.59. The zero-order chi connectivity index (χ0) is 13.1. The number of rotatable bonds is 4. The second kappa shape index (κ2) is 5.31. The number of hydrogen-bond acceptors (Lipinski definition) is 2. The molecule has 0 aliphatic carbocycles. The fourth-order valence-electron chi connectivity index (χ4n) is 2.15. The predicted molar refractivity (Wildman–Crippen MR) is 69.7 cm³/mol. The van der Waals surface area contributed by atoms with Crippen LogP contribution in [0, 0.1) is 5.82 Å². The zero-order valence-electron chi connectivity index (χ0n) is 10.7. The summed E-state index contributed by atoms with van der Waals surface area (Å²) in [4.78, 5) is 0. The average molecular weight is 247 g/mol. The maximum Gasteiger partial charge on any atom is 0.123 e. The van der Waals surface area contributed by atoms with Crippen molar-refractivity contribution < 1.29 is 4.39 Å². The van der Waals surface area contributed by atoms with Gasteiger partial charge in [-0.1, -0.05) is 26.0 Å². The van der Waals surface area contributed by atoms with E-state index in [0.29, 0.717) is 19.0 Å². The van der Waals surface area contributed by atoms with Gasteiger partial charge in [0.25, 0.3) is 0 Å². The lowest BCUT2D eigenvalue weighted by Gasteiger charge is -2.12. The van der Waals surface area contributed by atoms with Gasteiger partial charge in [-0.2, -0.15) is 5.10 Å². The van der Waals surface area contributed by atoms with Crippen LogP contribution in [-0.2, 0) is 13.1 Å². The molecular formula is C14H18FN3. The van der Waals surface area contributed by atoms with Gasteiger partial charge in [-0.3, -0.25) is 4.68 Å². The highest BCUT2D eigenvalue weighted by molar-refractivity contribution is 5.23. The minimum Gasteiger partial charge on any atom is -0.326 e. The highest BCUT2D eigenvalue weighted by atomic mass is 19.1. The summed E-state index contributed by atoms with van der Waals surface area (Å²) >= 11 is 0. The molecule has 18 heavy (non-hydrogen) atoms. The molecule has 0 saturated carbocycles. The molecule has 1 heterocycles. The third-order valence-corrected chi connectivity index (χ3v) is 2.97. The molecule has 0 saturated heterocycles. The van der Waals surface area contributed by atoms with Crippen molar-refractivity contribution in [2.24, 2.45) is 5.73 Å². The first-order chi connectivity index (χ1) is 8.61. The summed E-state index contributed by atoms with van der Waals surface area (Å²) in [6, 6.07) is 6.50. The predicted octanol–water partition coefficient (Wildman–Crippen LogP) is 2.65. The van der Waals surface area contributed by atoms with E-state index < -0.39 is 0 Å². The van der Waals surface area contributed by atoms with Crippen LogP contribution in [0.15, 0.2) is 30.5 Å². The van der Waals surface area contributed by atoms with Crippen molar-refractivity contribution in [1.29, 1.82) is 0 Å². The first-order valence-corrected chi connectivity index (χ1v) is 6.11. The van der Waals surface area contributed by atoms with E-state index in [2.05, 4.69) is 18.9 Å². The molecule has 2 rings (SSSR count). The Labute approximate surface area is 106 Å². The second-order valence-electron chi connectivity index (χ2n) is 4.70. The van der Waals surface area contributed by atoms with Crippen molar-refractivity contribution >= 4 is 0 Å². The Morgan fingerprint density at radius 3 is 2.50 bits per heavy atom. The second-order valence-corrected chi connectivity index (χ2v) is 4.70. The van der Waals surface area contributed by atoms with Crippen molar-refractivity contribution in [3.8, 4) is 0 Å². The smallest absolute Gasteiger partial charge is 0.123 e. The molecule has 0 amide bonds. The Kier molecular flexibility index (Phi) is 3.77. The lowest BCUT2D eigenvalue weighted by molar-refractivity contribution is 0.607. The van der Waals surface area contributed by atoms with Crippen molar-refractivity contribution in [2.75, 3.05) is 0 Å². The SMILES string of the molecule is CC(C)c1c(CN)cnn1Cc1ccc(F)cc1. The van der Waals surface area contributed by atoms with Crippen LogP contribution in [0.1, 0.15) is 36.6 Å². The summed E-state index contributed by atoms with van der Waals surface area (Å²) in [5.74, 6) is 0.150. The molecule has 0 bridgehead atoms. The van der Waals surface area contributed by atoms with Crippen molar-refractivity contribution in [2.45, 2.75) is 32.9 Å². The standard InChI is InChI=1S/C14H18FN3/c1-10(2)14-12(7-16)8-17-18(14)9-11-3-5-13(15)6-4-11/h3-6,8,10H,7,9,16H2,1-2H3. The van der Waals surface area contributed by atoms with Crippen LogP contribution in [0.4, 0.5) is 4.39 Å². The Hall–Kier alpha value is -1.68. The first kappa shape index (κ1) is 12.8. The van der Waals surface area contributed by atoms with Gasteiger partial charge < -0.3 is 5.73 Å². The number of halogens is 1. The largest absolute Gasteiger partial charge is 0.326 e. The van der Waals surface area contributed by atoms with Crippen LogP contribution in [0.2, 0.25) is 0 Å².